The zero-order valence-corrected chi connectivity index (χ0v) is 13.5. The third-order valence-electron chi connectivity index (χ3n) is 2.90. The van der Waals surface area contributed by atoms with Crippen molar-refractivity contribution in [1.29, 1.82) is 10.5 Å². The smallest absolute Gasteiger partial charge is 0.325 e. The first-order valence-electron chi connectivity index (χ1n) is 7.45. The molecule has 6 nitrogen and oxygen atoms in total. The number of ether oxygens (including phenoxy) is 2. The summed E-state index contributed by atoms with van der Waals surface area (Å²) >= 11 is 0. The van der Waals surface area contributed by atoms with Gasteiger partial charge in [-0.25, -0.2) is 0 Å². The normalized spacial score (nSPS) is 9.62. The van der Waals surface area contributed by atoms with Crippen LogP contribution in [0.15, 0.2) is 54.3 Å². The minimum atomic E-state index is -0.372. The van der Waals surface area contributed by atoms with Crippen molar-refractivity contribution in [2.24, 2.45) is 0 Å². The Morgan fingerprint density at radius 2 is 1.92 bits per heavy atom. The van der Waals surface area contributed by atoms with Crippen molar-refractivity contribution >= 4 is 5.97 Å². The molecule has 0 aromatic heterocycles. The largest absolute Gasteiger partial charge is 0.490 e. The van der Waals surface area contributed by atoms with Crippen LogP contribution in [-0.2, 0) is 9.53 Å². The van der Waals surface area contributed by atoms with E-state index in [0.29, 0.717) is 6.54 Å². The van der Waals surface area contributed by atoms with E-state index in [0.717, 1.165) is 5.75 Å². The van der Waals surface area contributed by atoms with Gasteiger partial charge in [0.25, 0.3) is 0 Å². The SMILES string of the molecule is CCN(C=CC=C(C#N)C#N)CC(=O)OCCOc1ccccc1. The Labute approximate surface area is 141 Å². The lowest BCUT2D eigenvalue weighted by Crippen LogP contribution is -2.27. The van der Waals surface area contributed by atoms with Crippen LogP contribution in [0.3, 0.4) is 0 Å². The second kappa shape index (κ2) is 11.3. The van der Waals surface area contributed by atoms with Gasteiger partial charge >= 0.3 is 5.97 Å². The van der Waals surface area contributed by atoms with Crippen molar-refractivity contribution in [3.63, 3.8) is 0 Å². The molecular formula is C18H19N3O3. The second-order valence-corrected chi connectivity index (χ2v) is 4.59. The van der Waals surface area contributed by atoms with Crippen LogP contribution in [0, 0.1) is 22.7 Å². The summed E-state index contributed by atoms with van der Waals surface area (Å²) in [4.78, 5) is 13.5. The Hall–Kier alpha value is -3.25. The maximum Gasteiger partial charge on any atom is 0.325 e. The number of carbonyl (C=O) groups is 1. The molecule has 0 radical (unpaired) electrons. The predicted octanol–water partition coefficient (Wildman–Crippen LogP) is 2.42. The fourth-order valence-corrected chi connectivity index (χ4v) is 1.67. The number of allylic oxidation sites excluding steroid dienone is 3. The number of likely N-dealkylation sites (N-methyl/N-ethyl adjacent to an activating group) is 1. The van der Waals surface area contributed by atoms with E-state index >= 15 is 0 Å². The van der Waals surface area contributed by atoms with Crippen LogP contribution in [0.5, 0.6) is 5.75 Å². The number of hydrogen-bond acceptors (Lipinski definition) is 6. The van der Waals surface area contributed by atoms with Crippen molar-refractivity contribution in [2.45, 2.75) is 6.92 Å². The first-order chi connectivity index (χ1) is 11.7. The van der Waals surface area contributed by atoms with Crippen molar-refractivity contribution in [1.82, 2.24) is 4.90 Å². The first-order valence-corrected chi connectivity index (χ1v) is 7.45. The summed E-state index contributed by atoms with van der Waals surface area (Å²) in [6, 6.07) is 12.8. The van der Waals surface area contributed by atoms with Crippen molar-refractivity contribution in [3.05, 3.63) is 54.3 Å². The van der Waals surface area contributed by atoms with E-state index < -0.39 is 0 Å². The highest BCUT2D eigenvalue weighted by atomic mass is 16.6. The fourth-order valence-electron chi connectivity index (χ4n) is 1.67. The molecule has 0 fully saturated rings. The molecule has 0 N–H and O–H groups in total. The monoisotopic (exact) mass is 325 g/mol. The molecule has 0 aliphatic rings. The fraction of sp³-hybridized carbons (Fsp3) is 0.278. The molecule has 0 amide bonds. The third kappa shape index (κ3) is 7.67. The van der Waals surface area contributed by atoms with Crippen LogP contribution < -0.4 is 4.74 Å². The number of carbonyl (C=O) groups excluding carboxylic acids is 1. The summed E-state index contributed by atoms with van der Waals surface area (Å²) in [5.41, 5.74) is 0.00272. The molecule has 1 aromatic rings. The molecule has 1 aromatic carbocycles. The number of hydrogen-bond donors (Lipinski definition) is 0. The Kier molecular flexibility index (Phi) is 8.88. The van der Waals surface area contributed by atoms with Gasteiger partial charge in [-0.3, -0.25) is 4.79 Å². The molecule has 0 atom stereocenters. The van der Waals surface area contributed by atoms with E-state index in [-0.39, 0.29) is 31.3 Å². The summed E-state index contributed by atoms with van der Waals surface area (Å²) < 4.78 is 10.5. The highest BCUT2D eigenvalue weighted by Crippen LogP contribution is 2.07. The van der Waals surface area contributed by atoms with Gasteiger partial charge in [-0.1, -0.05) is 18.2 Å². The van der Waals surface area contributed by atoms with Crippen molar-refractivity contribution in [3.8, 4) is 17.9 Å². The lowest BCUT2D eigenvalue weighted by Gasteiger charge is -2.16. The zero-order valence-electron chi connectivity index (χ0n) is 13.5. The minimum Gasteiger partial charge on any atom is -0.490 e. The lowest BCUT2D eigenvalue weighted by molar-refractivity contribution is -0.145. The van der Waals surface area contributed by atoms with Gasteiger partial charge in [-0.05, 0) is 37.4 Å². The Morgan fingerprint density at radius 1 is 1.21 bits per heavy atom. The van der Waals surface area contributed by atoms with Crippen LogP contribution in [0.2, 0.25) is 0 Å². The Balaban J connectivity index is 2.31. The summed E-state index contributed by atoms with van der Waals surface area (Å²) in [5, 5.41) is 17.2. The van der Waals surface area contributed by atoms with Crippen LogP contribution in [0.4, 0.5) is 0 Å². The topological polar surface area (TPSA) is 86.4 Å². The molecular weight excluding hydrogens is 306 g/mol. The number of benzene rings is 1. The van der Waals surface area contributed by atoms with Crippen LogP contribution in [-0.4, -0.2) is 37.2 Å². The van der Waals surface area contributed by atoms with Gasteiger partial charge in [0.2, 0.25) is 0 Å². The maximum absolute atomic E-state index is 11.8. The van der Waals surface area contributed by atoms with Crippen LogP contribution in [0.25, 0.3) is 0 Å². The Morgan fingerprint density at radius 3 is 2.54 bits per heavy atom. The molecule has 0 aliphatic heterocycles. The van der Waals surface area contributed by atoms with Crippen molar-refractivity contribution in [2.75, 3.05) is 26.3 Å². The van der Waals surface area contributed by atoms with Gasteiger partial charge in [0.1, 0.15) is 43.2 Å². The van der Waals surface area contributed by atoms with Gasteiger partial charge in [0, 0.05) is 6.54 Å². The first kappa shape index (κ1) is 18.8. The van der Waals surface area contributed by atoms with E-state index in [1.54, 1.807) is 29.3 Å². The van der Waals surface area contributed by atoms with Gasteiger partial charge in [-0.2, -0.15) is 10.5 Å². The summed E-state index contributed by atoms with van der Waals surface area (Å²) in [6.45, 7) is 3.01. The van der Waals surface area contributed by atoms with E-state index in [1.807, 2.05) is 37.3 Å². The van der Waals surface area contributed by atoms with Gasteiger partial charge in [-0.15, -0.1) is 0 Å². The molecule has 0 aliphatic carbocycles. The molecule has 1 rings (SSSR count). The number of nitrogens with zero attached hydrogens (tertiary/aromatic N) is 3. The molecule has 124 valence electrons. The molecule has 6 heteroatoms. The minimum absolute atomic E-state index is 0.00272. The number of esters is 1. The van der Waals surface area contributed by atoms with E-state index in [2.05, 4.69) is 0 Å². The van der Waals surface area contributed by atoms with Gasteiger partial charge in [0.05, 0.1) is 0 Å². The molecule has 0 unspecified atom stereocenters. The Bertz CT molecular complexity index is 638. The van der Waals surface area contributed by atoms with Crippen LogP contribution >= 0.6 is 0 Å². The number of nitriles is 2. The summed E-state index contributed by atoms with van der Waals surface area (Å²) in [5.74, 6) is 0.354. The highest BCUT2D eigenvalue weighted by molar-refractivity contribution is 5.71. The van der Waals surface area contributed by atoms with Crippen LogP contribution in [0.1, 0.15) is 6.92 Å². The van der Waals surface area contributed by atoms with E-state index in [4.69, 9.17) is 20.0 Å². The van der Waals surface area contributed by atoms with Gasteiger partial charge < -0.3 is 14.4 Å². The maximum atomic E-state index is 11.8. The third-order valence-corrected chi connectivity index (χ3v) is 2.90. The standard InChI is InChI=1S/C18H19N3O3/c1-2-21(10-6-7-16(13-19)14-20)15-18(22)24-12-11-23-17-8-4-3-5-9-17/h3-10H,2,11-12,15H2,1H3. The summed E-state index contributed by atoms with van der Waals surface area (Å²) in [6.07, 6.45) is 4.58. The van der Waals surface area contributed by atoms with Gasteiger partial charge in [0.15, 0.2) is 0 Å². The molecule has 0 saturated carbocycles. The molecule has 0 saturated heterocycles. The summed E-state index contributed by atoms with van der Waals surface area (Å²) in [7, 11) is 0. The van der Waals surface area contributed by atoms with E-state index in [1.165, 1.54) is 6.08 Å². The molecule has 0 spiro atoms. The number of rotatable bonds is 9. The quantitative estimate of drug-likeness (QED) is 0.300. The average molecular weight is 325 g/mol. The second-order valence-electron chi connectivity index (χ2n) is 4.59. The van der Waals surface area contributed by atoms with Crippen molar-refractivity contribution < 1.29 is 14.3 Å². The van der Waals surface area contributed by atoms with E-state index in [9.17, 15) is 4.79 Å². The highest BCUT2D eigenvalue weighted by Gasteiger charge is 2.06. The molecule has 0 heterocycles. The molecule has 24 heavy (non-hydrogen) atoms. The average Bonchev–Trinajstić information content (AvgIpc) is 2.62. The number of para-hydroxylation sites is 1. The molecule has 0 bridgehead atoms. The predicted molar refractivity (Wildman–Crippen MR) is 88.6 cm³/mol. The lowest BCUT2D eigenvalue weighted by atomic mass is 10.3. The zero-order chi connectivity index (χ0) is 17.6.